The first kappa shape index (κ1) is 28.1. The number of ether oxygens (including phenoxy) is 6. The monoisotopic (exact) mass is 507 g/mol. The molecule has 0 radical (unpaired) electrons. The average Bonchev–Trinajstić information content (AvgIpc) is 2.92. The number of carbonyl (C=O) groups excluding carboxylic acids is 2. The minimum atomic E-state index is -0.639. The van der Waals surface area contributed by atoms with Gasteiger partial charge in [-0.25, -0.2) is 4.79 Å². The zero-order chi connectivity index (χ0) is 25.8. The Labute approximate surface area is 212 Å². The molecule has 0 saturated carbocycles. The fourth-order valence-electron chi connectivity index (χ4n) is 4.30. The van der Waals surface area contributed by atoms with Crippen LogP contribution in [0, 0.1) is 5.92 Å². The number of aliphatic hydroxyl groups excluding tert-OH is 1. The van der Waals surface area contributed by atoms with Crippen molar-refractivity contribution in [1.82, 2.24) is 4.90 Å². The van der Waals surface area contributed by atoms with Gasteiger partial charge in [0.05, 0.1) is 52.3 Å². The van der Waals surface area contributed by atoms with Crippen molar-refractivity contribution in [3.8, 4) is 0 Å². The predicted molar refractivity (Wildman–Crippen MR) is 129 cm³/mol. The minimum Gasteiger partial charge on any atom is -0.465 e. The van der Waals surface area contributed by atoms with Gasteiger partial charge in [0.1, 0.15) is 0 Å². The molecule has 36 heavy (non-hydrogen) atoms. The Kier molecular flexibility index (Phi) is 11.6. The van der Waals surface area contributed by atoms with Crippen molar-refractivity contribution in [2.45, 2.75) is 25.6 Å². The number of benzene rings is 1. The smallest absolute Gasteiger partial charge is 0.337 e. The van der Waals surface area contributed by atoms with Gasteiger partial charge in [-0.2, -0.15) is 0 Å². The SMILES string of the molecule is CCO[C@@H]1OC(C(=O)N2CCOCC2)=C[C@H](c2ccc(C(=O)OC)cc2)[C@@H]1CCOCCOCCO. The highest BCUT2D eigenvalue weighted by Crippen LogP contribution is 2.39. The van der Waals surface area contributed by atoms with Crippen LogP contribution in [-0.4, -0.2) is 101 Å². The molecule has 200 valence electrons. The highest BCUT2D eigenvalue weighted by atomic mass is 16.7. The second-order valence-corrected chi connectivity index (χ2v) is 8.42. The molecule has 0 spiro atoms. The second-order valence-electron chi connectivity index (χ2n) is 8.42. The fraction of sp³-hybridized carbons (Fsp3) is 0.615. The number of morpholine rings is 1. The molecule has 10 heteroatoms. The molecule has 10 nitrogen and oxygen atoms in total. The third-order valence-corrected chi connectivity index (χ3v) is 6.14. The van der Waals surface area contributed by atoms with E-state index < -0.39 is 12.3 Å². The maximum absolute atomic E-state index is 13.3. The minimum absolute atomic E-state index is 0.0241. The molecule has 1 N–H and O–H groups in total. The van der Waals surface area contributed by atoms with Crippen LogP contribution in [0.15, 0.2) is 36.1 Å². The Morgan fingerprint density at radius 1 is 1.06 bits per heavy atom. The second kappa shape index (κ2) is 14.9. The van der Waals surface area contributed by atoms with E-state index in [1.54, 1.807) is 17.0 Å². The number of methoxy groups -OCH3 is 1. The third-order valence-electron chi connectivity index (χ3n) is 6.14. The predicted octanol–water partition coefficient (Wildman–Crippen LogP) is 1.72. The summed E-state index contributed by atoms with van der Waals surface area (Å²) in [5.41, 5.74) is 1.38. The van der Waals surface area contributed by atoms with Crippen LogP contribution in [0.3, 0.4) is 0 Å². The Balaban J connectivity index is 1.81. The summed E-state index contributed by atoms with van der Waals surface area (Å²) in [6, 6.07) is 7.18. The van der Waals surface area contributed by atoms with Crippen molar-refractivity contribution in [1.29, 1.82) is 0 Å². The number of esters is 1. The molecule has 0 unspecified atom stereocenters. The topological polar surface area (TPSA) is 113 Å². The molecule has 2 heterocycles. The van der Waals surface area contributed by atoms with Crippen molar-refractivity contribution in [2.75, 3.05) is 73.1 Å². The van der Waals surface area contributed by atoms with Gasteiger partial charge in [-0.1, -0.05) is 12.1 Å². The quantitative estimate of drug-likeness (QED) is 0.315. The normalized spacial score (nSPS) is 22.0. The molecule has 1 amide bonds. The van der Waals surface area contributed by atoms with Gasteiger partial charge in [-0.05, 0) is 37.1 Å². The lowest BCUT2D eigenvalue weighted by molar-refractivity contribution is -0.173. The van der Waals surface area contributed by atoms with Crippen LogP contribution in [-0.2, 0) is 33.2 Å². The molecule has 3 rings (SSSR count). The number of hydrogen-bond acceptors (Lipinski definition) is 9. The molecule has 0 aliphatic carbocycles. The van der Waals surface area contributed by atoms with E-state index in [0.717, 1.165) is 5.56 Å². The highest BCUT2D eigenvalue weighted by molar-refractivity contribution is 5.92. The molecule has 3 atom stereocenters. The summed E-state index contributed by atoms with van der Waals surface area (Å²) < 4.78 is 33.3. The summed E-state index contributed by atoms with van der Waals surface area (Å²) in [4.78, 5) is 26.9. The maximum atomic E-state index is 13.3. The molecule has 1 saturated heterocycles. The first-order chi connectivity index (χ1) is 17.6. The zero-order valence-electron chi connectivity index (χ0n) is 21.1. The number of rotatable bonds is 13. The van der Waals surface area contributed by atoms with Crippen LogP contribution in [0.5, 0.6) is 0 Å². The van der Waals surface area contributed by atoms with Crippen molar-refractivity contribution in [2.24, 2.45) is 5.92 Å². The summed E-state index contributed by atoms with van der Waals surface area (Å²) in [5, 5.41) is 8.80. The first-order valence-corrected chi connectivity index (χ1v) is 12.4. The van der Waals surface area contributed by atoms with E-state index in [-0.39, 0.29) is 36.7 Å². The Morgan fingerprint density at radius 3 is 2.39 bits per heavy atom. The highest BCUT2D eigenvalue weighted by Gasteiger charge is 2.39. The summed E-state index contributed by atoms with van der Waals surface area (Å²) in [5.74, 6) is -0.667. The van der Waals surface area contributed by atoms with E-state index in [9.17, 15) is 9.59 Å². The van der Waals surface area contributed by atoms with Crippen LogP contribution >= 0.6 is 0 Å². The summed E-state index contributed by atoms with van der Waals surface area (Å²) in [6.45, 7) is 5.81. The number of allylic oxidation sites excluding steroid dienone is 1. The molecule has 1 aromatic rings. The Morgan fingerprint density at radius 2 is 1.75 bits per heavy atom. The molecule has 0 aromatic heterocycles. The largest absolute Gasteiger partial charge is 0.465 e. The van der Waals surface area contributed by atoms with Gasteiger partial charge < -0.3 is 38.4 Å². The van der Waals surface area contributed by atoms with Crippen molar-refractivity contribution >= 4 is 11.9 Å². The van der Waals surface area contributed by atoms with E-state index in [2.05, 4.69) is 0 Å². The summed E-state index contributed by atoms with van der Waals surface area (Å²) in [7, 11) is 1.35. The summed E-state index contributed by atoms with van der Waals surface area (Å²) >= 11 is 0. The number of amides is 1. The number of hydrogen-bond donors (Lipinski definition) is 1. The Bertz CT molecular complexity index is 851. The molecular formula is C26H37NO9. The molecular weight excluding hydrogens is 470 g/mol. The van der Waals surface area contributed by atoms with Gasteiger partial charge in [0.25, 0.3) is 5.91 Å². The summed E-state index contributed by atoms with van der Waals surface area (Å²) in [6.07, 6.45) is 1.83. The van der Waals surface area contributed by atoms with Gasteiger partial charge >= 0.3 is 5.97 Å². The van der Waals surface area contributed by atoms with Gasteiger partial charge in [0.2, 0.25) is 6.29 Å². The number of nitrogens with zero attached hydrogens (tertiary/aromatic N) is 1. The van der Waals surface area contributed by atoms with E-state index >= 15 is 0 Å². The third kappa shape index (κ3) is 7.75. The van der Waals surface area contributed by atoms with Crippen molar-refractivity contribution in [3.63, 3.8) is 0 Å². The molecule has 0 bridgehead atoms. The van der Waals surface area contributed by atoms with Gasteiger partial charge in [-0.15, -0.1) is 0 Å². The fourth-order valence-corrected chi connectivity index (χ4v) is 4.30. The molecule has 1 fully saturated rings. The number of aliphatic hydroxyl groups is 1. The lowest BCUT2D eigenvalue weighted by atomic mass is 9.81. The van der Waals surface area contributed by atoms with Crippen LogP contribution in [0.2, 0.25) is 0 Å². The van der Waals surface area contributed by atoms with Crippen LogP contribution in [0.1, 0.15) is 35.2 Å². The van der Waals surface area contributed by atoms with Gasteiger partial charge in [0.15, 0.2) is 5.76 Å². The maximum Gasteiger partial charge on any atom is 0.337 e. The van der Waals surface area contributed by atoms with Crippen molar-refractivity contribution < 1.29 is 43.1 Å². The molecule has 1 aromatic carbocycles. The van der Waals surface area contributed by atoms with E-state index in [1.807, 2.05) is 25.1 Å². The van der Waals surface area contributed by atoms with Gasteiger partial charge in [-0.3, -0.25) is 4.79 Å². The van der Waals surface area contributed by atoms with E-state index in [4.69, 9.17) is 33.5 Å². The number of carbonyl (C=O) groups is 2. The standard InChI is InChI=1S/C26H37NO9/c1-3-35-26-21(8-12-32-16-17-34-15-11-28)22(19-4-6-20(7-5-19)25(30)31-2)18-23(36-26)24(29)27-9-13-33-14-10-27/h4-7,18,21-22,26,28H,3,8-17H2,1-2H3/t21-,22+,26+/m0/s1. The van der Waals surface area contributed by atoms with Crippen LogP contribution in [0.25, 0.3) is 0 Å². The average molecular weight is 508 g/mol. The Hall–Kier alpha value is -2.50. The first-order valence-electron chi connectivity index (χ1n) is 12.4. The van der Waals surface area contributed by atoms with Crippen LogP contribution < -0.4 is 0 Å². The van der Waals surface area contributed by atoms with Crippen LogP contribution in [0.4, 0.5) is 0 Å². The lowest BCUT2D eigenvalue weighted by Gasteiger charge is -2.38. The van der Waals surface area contributed by atoms with E-state index in [0.29, 0.717) is 64.7 Å². The van der Waals surface area contributed by atoms with Gasteiger partial charge in [0, 0.05) is 38.1 Å². The van der Waals surface area contributed by atoms with Crippen molar-refractivity contribution in [3.05, 3.63) is 47.2 Å². The van der Waals surface area contributed by atoms with E-state index in [1.165, 1.54) is 7.11 Å². The lowest BCUT2D eigenvalue weighted by Crippen LogP contribution is -2.44. The zero-order valence-corrected chi connectivity index (χ0v) is 21.1. The molecule has 2 aliphatic rings. The molecule has 2 aliphatic heterocycles.